The van der Waals surface area contributed by atoms with Crippen LogP contribution in [0.5, 0.6) is 0 Å². The largest absolute Gasteiger partial charge is 0.396 e. The van der Waals surface area contributed by atoms with E-state index < -0.39 is 15.8 Å². The van der Waals surface area contributed by atoms with E-state index in [-0.39, 0.29) is 16.1 Å². The molecule has 3 N–H and O–H groups in total. The zero-order valence-corrected chi connectivity index (χ0v) is 12.9. The molecule has 0 spiro atoms. The number of likely N-dealkylation sites (N-methyl/N-ethyl adjacent to an activating group) is 1. The summed E-state index contributed by atoms with van der Waals surface area (Å²) < 4.78 is 40.1. The summed E-state index contributed by atoms with van der Waals surface area (Å²) in [5, 5.41) is 0. The smallest absolute Gasteiger partial charge is 0.240 e. The van der Waals surface area contributed by atoms with Crippen molar-refractivity contribution in [3.63, 3.8) is 0 Å². The number of nitrogens with two attached hydrogens (primary N) is 1. The zero-order chi connectivity index (χ0) is 15.3. The molecule has 0 amide bonds. The van der Waals surface area contributed by atoms with Crippen LogP contribution in [0.1, 0.15) is 19.4 Å². The second kappa shape index (κ2) is 7.01. The zero-order valence-electron chi connectivity index (χ0n) is 12.1. The van der Waals surface area contributed by atoms with Gasteiger partial charge in [-0.3, -0.25) is 0 Å². The molecule has 7 heteroatoms. The lowest BCUT2D eigenvalue weighted by atomic mass is 10.2. The number of aryl methyl sites for hydroxylation is 1. The van der Waals surface area contributed by atoms with E-state index in [1.807, 2.05) is 13.8 Å². The molecule has 5 nitrogen and oxygen atoms in total. The minimum Gasteiger partial charge on any atom is -0.396 e. The fourth-order valence-electron chi connectivity index (χ4n) is 1.88. The highest BCUT2D eigenvalue weighted by Crippen LogP contribution is 2.20. The third kappa shape index (κ3) is 4.16. The molecule has 0 radical (unpaired) electrons. The molecule has 0 bridgehead atoms. The van der Waals surface area contributed by atoms with Gasteiger partial charge >= 0.3 is 0 Å². The van der Waals surface area contributed by atoms with Gasteiger partial charge in [0.15, 0.2) is 0 Å². The summed E-state index contributed by atoms with van der Waals surface area (Å²) in [4.78, 5) is 2.10. The number of anilines is 1. The summed E-state index contributed by atoms with van der Waals surface area (Å²) in [6.07, 6.45) is 0. The quantitative estimate of drug-likeness (QED) is 0.745. The number of benzene rings is 1. The molecule has 0 saturated carbocycles. The first-order chi connectivity index (χ1) is 9.31. The highest BCUT2D eigenvalue weighted by atomic mass is 32.2. The number of halogens is 1. The van der Waals surface area contributed by atoms with Gasteiger partial charge in [0.2, 0.25) is 10.0 Å². The van der Waals surface area contributed by atoms with Gasteiger partial charge in [-0.05, 0) is 37.7 Å². The van der Waals surface area contributed by atoms with Crippen LogP contribution in [-0.2, 0) is 10.0 Å². The molecule has 0 aromatic heterocycles. The fraction of sp³-hybridized carbons (Fsp3) is 0.538. The molecular weight excluding hydrogens is 281 g/mol. The molecule has 0 atom stereocenters. The highest BCUT2D eigenvalue weighted by molar-refractivity contribution is 7.89. The van der Waals surface area contributed by atoms with Crippen molar-refractivity contribution < 1.29 is 12.8 Å². The summed E-state index contributed by atoms with van der Waals surface area (Å²) >= 11 is 0. The van der Waals surface area contributed by atoms with Crippen molar-refractivity contribution in [3.8, 4) is 0 Å². The van der Waals surface area contributed by atoms with E-state index in [0.717, 1.165) is 19.2 Å². The Bertz CT molecular complexity index is 534. The number of nitrogens with zero attached hydrogens (tertiary/aromatic N) is 1. The van der Waals surface area contributed by atoms with Gasteiger partial charge in [-0.1, -0.05) is 13.8 Å². The Hall–Kier alpha value is -1.18. The molecule has 0 aliphatic carbocycles. The van der Waals surface area contributed by atoms with Crippen LogP contribution < -0.4 is 10.5 Å². The molecule has 0 heterocycles. The van der Waals surface area contributed by atoms with Gasteiger partial charge in [-0.15, -0.1) is 0 Å². The average molecular weight is 303 g/mol. The Morgan fingerprint density at radius 1 is 1.30 bits per heavy atom. The minimum atomic E-state index is -3.66. The van der Waals surface area contributed by atoms with Crippen molar-refractivity contribution in [1.29, 1.82) is 0 Å². The molecule has 0 aliphatic heterocycles. The molecule has 0 unspecified atom stereocenters. The molecular formula is C13H22FN3O2S. The molecule has 0 saturated heterocycles. The van der Waals surface area contributed by atoms with Gasteiger partial charge in [-0.2, -0.15) is 0 Å². The maximum Gasteiger partial charge on any atom is 0.240 e. The fourth-order valence-corrected chi connectivity index (χ4v) is 3.02. The van der Waals surface area contributed by atoms with E-state index in [1.165, 1.54) is 13.0 Å². The molecule has 0 aliphatic rings. The van der Waals surface area contributed by atoms with Crippen LogP contribution in [0.2, 0.25) is 0 Å². The second-order valence-corrected chi connectivity index (χ2v) is 6.33. The van der Waals surface area contributed by atoms with Crippen molar-refractivity contribution in [2.24, 2.45) is 0 Å². The molecule has 1 rings (SSSR count). The minimum absolute atomic E-state index is 0.00607. The number of hydrogen-bond acceptors (Lipinski definition) is 4. The average Bonchev–Trinajstić information content (AvgIpc) is 2.40. The Morgan fingerprint density at radius 3 is 2.40 bits per heavy atom. The van der Waals surface area contributed by atoms with E-state index >= 15 is 0 Å². The van der Waals surface area contributed by atoms with Crippen LogP contribution in [0.4, 0.5) is 10.1 Å². The second-order valence-electron chi connectivity index (χ2n) is 4.57. The Kier molecular flexibility index (Phi) is 5.91. The van der Waals surface area contributed by atoms with Crippen molar-refractivity contribution >= 4 is 15.7 Å². The van der Waals surface area contributed by atoms with Crippen molar-refractivity contribution in [1.82, 2.24) is 9.62 Å². The Balaban J connectivity index is 2.79. The first-order valence-electron chi connectivity index (χ1n) is 6.59. The molecule has 114 valence electrons. The molecule has 1 aromatic carbocycles. The van der Waals surface area contributed by atoms with Crippen LogP contribution >= 0.6 is 0 Å². The van der Waals surface area contributed by atoms with Gasteiger partial charge < -0.3 is 10.6 Å². The summed E-state index contributed by atoms with van der Waals surface area (Å²) in [5.74, 6) is -0.577. The maximum absolute atomic E-state index is 13.4. The predicted octanol–water partition coefficient (Wildman–Crippen LogP) is 1.34. The number of nitrogen functional groups attached to an aromatic ring is 1. The maximum atomic E-state index is 13.4. The molecule has 1 aromatic rings. The molecule has 0 fully saturated rings. The van der Waals surface area contributed by atoms with E-state index in [2.05, 4.69) is 9.62 Å². The van der Waals surface area contributed by atoms with Crippen LogP contribution in [0.3, 0.4) is 0 Å². The number of rotatable bonds is 7. The number of nitrogens with one attached hydrogen (secondary N) is 1. The van der Waals surface area contributed by atoms with Gasteiger partial charge in [0, 0.05) is 13.1 Å². The standard InChI is InChI=1S/C13H22FN3O2S/c1-4-17(5-2)7-6-16-20(18,19)11-8-10(3)13(14)12(15)9-11/h8-9,16H,4-7,15H2,1-3H3. The first-order valence-corrected chi connectivity index (χ1v) is 8.07. The Morgan fingerprint density at radius 2 is 1.90 bits per heavy atom. The normalized spacial score (nSPS) is 12.1. The van der Waals surface area contributed by atoms with Crippen LogP contribution in [-0.4, -0.2) is 39.5 Å². The summed E-state index contributed by atoms with van der Waals surface area (Å²) in [6.45, 7) is 8.18. The summed E-state index contributed by atoms with van der Waals surface area (Å²) in [6, 6.07) is 2.42. The van der Waals surface area contributed by atoms with Crippen LogP contribution in [0, 0.1) is 12.7 Å². The van der Waals surface area contributed by atoms with Gasteiger partial charge in [0.05, 0.1) is 10.6 Å². The van der Waals surface area contributed by atoms with Gasteiger partial charge in [0.1, 0.15) is 5.82 Å². The third-order valence-corrected chi connectivity index (χ3v) is 4.62. The van der Waals surface area contributed by atoms with Crippen molar-refractivity contribution in [2.75, 3.05) is 31.9 Å². The summed E-state index contributed by atoms with van der Waals surface area (Å²) in [5.41, 5.74) is 5.52. The first kappa shape index (κ1) is 16.9. The lowest BCUT2D eigenvalue weighted by Gasteiger charge is -2.18. The van der Waals surface area contributed by atoms with Crippen LogP contribution in [0.15, 0.2) is 17.0 Å². The van der Waals surface area contributed by atoms with Crippen molar-refractivity contribution in [2.45, 2.75) is 25.7 Å². The molecule has 20 heavy (non-hydrogen) atoms. The predicted molar refractivity (Wildman–Crippen MR) is 78.5 cm³/mol. The monoisotopic (exact) mass is 303 g/mol. The van der Waals surface area contributed by atoms with E-state index in [9.17, 15) is 12.8 Å². The third-order valence-electron chi connectivity index (χ3n) is 3.18. The van der Waals surface area contributed by atoms with Crippen molar-refractivity contribution in [3.05, 3.63) is 23.5 Å². The number of sulfonamides is 1. The van der Waals surface area contributed by atoms with Gasteiger partial charge in [0.25, 0.3) is 0 Å². The van der Waals surface area contributed by atoms with E-state index in [4.69, 9.17) is 5.73 Å². The number of hydrogen-bond donors (Lipinski definition) is 2. The van der Waals surface area contributed by atoms with E-state index in [0.29, 0.717) is 13.1 Å². The topological polar surface area (TPSA) is 75.4 Å². The van der Waals surface area contributed by atoms with Crippen LogP contribution in [0.25, 0.3) is 0 Å². The Labute approximate surface area is 120 Å². The lowest BCUT2D eigenvalue weighted by Crippen LogP contribution is -2.34. The lowest BCUT2D eigenvalue weighted by molar-refractivity contribution is 0.309. The van der Waals surface area contributed by atoms with E-state index in [1.54, 1.807) is 0 Å². The summed E-state index contributed by atoms with van der Waals surface area (Å²) in [7, 11) is -3.66. The van der Waals surface area contributed by atoms with Gasteiger partial charge in [-0.25, -0.2) is 17.5 Å². The SMILES string of the molecule is CCN(CC)CCNS(=O)(=O)c1cc(C)c(F)c(N)c1. The highest BCUT2D eigenvalue weighted by Gasteiger charge is 2.17.